The van der Waals surface area contributed by atoms with Crippen molar-refractivity contribution >= 4 is 23.4 Å². The highest BCUT2D eigenvalue weighted by molar-refractivity contribution is 5.89. The number of carboxylic acid groups (broad SMARTS) is 1. The fraction of sp³-hybridized carbons (Fsp3) is 0.733. The number of ketones is 2. The molecule has 120 valence electrons. The smallest absolute Gasteiger partial charge is 0.325 e. The first kappa shape index (κ1) is 19.3. The molecule has 0 fully saturated rings. The zero-order valence-corrected chi connectivity index (χ0v) is 13.1. The zero-order valence-electron chi connectivity index (χ0n) is 13.1. The van der Waals surface area contributed by atoms with Crippen molar-refractivity contribution in [3.05, 3.63) is 0 Å². The molecular formula is C15H25NO5. The van der Waals surface area contributed by atoms with Gasteiger partial charge in [0.1, 0.15) is 17.6 Å². The highest BCUT2D eigenvalue weighted by Gasteiger charge is 2.27. The molecule has 21 heavy (non-hydrogen) atoms. The molecule has 0 heterocycles. The third-order valence-electron chi connectivity index (χ3n) is 3.30. The fourth-order valence-corrected chi connectivity index (χ4v) is 1.90. The molecule has 0 aliphatic heterocycles. The number of nitrogens with one attached hydrogen (secondary N) is 1. The fourth-order valence-electron chi connectivity index (χ4n) is 1.90. The Morgan fingerprint density at radius 3 is 2.05 bits per heavy atom. The van der Waals surface area contributed by atoms with E-state index in [2.05, 4.69) is 5.32 Å². The number of Topliss-reactive ketones (excluding diaryl/α,β-unsaturated/α-hetero) is 2. The molecule has 0 aliphatic rings. The summed E-state index contributed by atoms with van der Waals surface area (Å²) in [5.41, 5.74) is 0. The second kappa shape index (κ2) is 9.26. The van der Waals surface area contributed by atoms with Crippen molar-refractivity contribution in [1.82, 2.24) is 5.32 Å². The monoisotopic (exact) mass is 299 g/mol. The van der Waals surface area contributed by atoms with E-state index in [4.69, 9.17) is 5.11 Å². The molecule has 0 bridgehead atoms. The van der Waals surface area contributed by atoms with E-state index < -0.39 is 23.8 Å². The summed E-state index contributed by atoms with van der Waals surface area (Å²) in [4.78, 5) is 45.5. The average Bonchev–Trinajstić information content (AvgIpc) is 2.34. The van der Waals surface area contributed by atoms with Crippen molar-refractivity contribution in [3.8, 4) is 0 Å². The summed E-state index contributed by atoms with van der Waals surface area (Å²) in [6.07, 6.45) is 1.20. The van der Waals surface area contributed by atoms with Gasteiger partial charge in [-0.05, 0) is 26.2 Å². The molecular weight excluding hydrogens is 274 g/mol. The van der Waals surface area contributed by atoms with Gasteiger partial charge in [-0.1, -0.05) is 13.8 Å². The topological polar surface area (TPSA) is 101 Å². The summed E-state index contributed by atoms with van der Waals surface area (Å²) in [7, 11) is 0. The third-order valence-corrected chi connectivity index (χ3v) is 3.30. The van der Waals surface area contributed by atoms with Crippen LogP contribution in [0.25, 0.3) is 0 Å². The van der Waals surface area contributed by atoms with Gasteiger partial charge >= 0.3 is 5.97 Å². The van der Waals surface area contributed by atoms with Gasteiger partial charge in [0, 0.05) is 25.2 Å². The van der Waals surface area contributed by atoms with E-state index in [-0.39, 0.29) is 30.3 Å². The van der Waals surface area contributed by atoms with Crippen LogP contribution < -0.4 is 5.32 Å². The van der Waals surface area contributed by atoms with Crippen LogP contribution in [-0.2, 0) is 19.2 Å². The minimum atomic E-state index is -1.11. The molecule has 2 atom stereocenters. The predicted octanol–water partition coefficient (Wildman–Crippen LogP) is 1.57. The first-order valence-electron chi connectivity index (χ1n) is 7.19. The number of hydrogen-bond acceptors (Lipinski definition) is 4. The standard InChI is InChI=1S/C15H25NO5/c1-9(2)13(14(19)16-11(4)15(20)21)8-12(18)7-5-6-10(3)17/h9,11,13H,5-8H2,1-4H3,(H,16,19)(H,20,21)/t11-,13-/m0/s1. The minimum absolute atomic E-state index is 0.0382. The lowest BCUT2D eigenvalue weighted by Crippen LogP contribution is -2.43. The molecule has 0 aromatic heterocycles. The van der Waals surface area contributed by atoms with Gasteiger partial charge < -0.3 is 15.2 Å². The first-order valence-corrected chi connectivity index (χ1v) is 7.19. The van der Waals surface area contributed by atoms with Crippen molar-refractivity contribution in [1.29, 1.82) is 0 Å². The van der Waals surface area contributed by atoms with Crippen LogP contribution in [0.3, 0.4) is 0 Å². The maximum atomic E-state index is 12.0. The van der Waals surface area contributed by atoms with Crippen molar-refractivity contribution in [3.63, 3.8) is 0 Å². The highest BCUT2D eigenvalue weighted by atomic mass is 16.4. The number of rotatable bonds is 10. The molecule has 0 aliphatic carbocycles. The van der Waals surface area contributed by atoms with E-state index in [0.29, 0.717) is 12.8 Å². The summed E-state index contributed by atoms with van der Waals surface area (Å²) in [6.45, 7) is 6.49. The Bertz CT molecular complexity index is 403. The van der Waals surface area contributed by atoms with Crippen molar-refractivity contribution in [2.24, 2.45) is 11.8 Å². The van der Waals surface area contributed by atoms with E-state index in [1.807, 2.05) is 13.8 Å². The van der Waals surface area contributed by atoms with Crippen LogP contribution in [0.2, 0.25) is 0 Å². The second-order valence-corrected chi connectivity index (χ2v) is 5.72. The normalized spacial score (nSPS) is 13.6. The van der Waals surface area contributed by atoms with E-state index in [0.717, 1.165) is 0 Å². The lowest BCUT2D eigenvalue weighted by Gasteiger charge is -2.21. The van der Waals surface area contributed by atoms with Gasteiger partial charge in [-0.15, -0.1) is 0 Å². The van der Waals surface area contributed by atoms with Crippen molar-refractivity contribution in [2.75, 3.05) is 0 Å². The van der Waals surface area contributed by atoms with E-state index >= 15 is 0 Å². The van der Waals surface area contributed by atoms with Crippen LogP contribution in [0, 0.1) is 11.8 Å². The maximum Gasteiger partial charge on any atom is 0.325 e. The molecule has 2 N–H and O–H groups in total. The minimum Gasteiger partial charge on any atom is -0.480 e. The summed E-state index contributed by atoms with van der Waals surface area (Å²) in [6, 6.07) is -0.980. The Balaban J connectivity index is 4.48. The van der Waals surface area contributed by atoms with Crippen LogP contribution >= 0.6 is 0 Å². The molecule has 1 amide bonds. The van der Waals surface area contributed by atoms with Gasteiger partial charge in [-0.25, -0.2) is 0 Å². The predicted molar refractivity (Wildman–Crippen MR) is 77.7 cm³/mol. The molecule has 0 unspecified atom stereocenters. The van der Waals surface area contributed by atoms with Crippen LogP contribution in [0.5, 0.6) is 0 Å². The molecule has 0 rings (SSSR count). The van der Waals surface area contributed by atoms with Crippen LogP contribution in [0.15, 0.2) is 0 Å². The summed E-state index contributed by atoms with van der Waals surface area (Å²) in [5.74, 6) is -2.18. The van der Waals surface area contributed by atoms with Crippen molar-refractivity contribution in [2.45, 2.75) is 59.4 Å². The average molecular weight is 299 g/mol. The highest BCUT2D eigenvalue weighted by Crippen LogP contribution is 2.18. The SMILES string of the molecule is CC(=O)CCCC(=O)C[C@H](C(=O)N[C@@H](C)C(=O)O)C(C)C. The summed E-state index contributed by atoms with van der Waals surface area (Å²) < 4.78 is 0. The molecule has 6 nitrogen and oxygen atoms in total. The number of hydrogen-bond donors (Lipinski definition) is 2. The third kappa shape index (κ3) is 8.22. The molecule has 0 saturated carbocycles. The number of aliphatic carboxylic acids is 1. The molecule has 0 spiro atoms. The van der Waals surface area contributed by atoms with E-state index in [1.54, 1.807) is 0 Å². The van der Waals surface area contributed by atoms with Crippen LogP contribution in [0.1, 0.15) is 53.4 Å². The van der Waals surface area contributed by atoms with Gasteiger partial charge in [0.25, 0.3) is 0 Å². The lowest BCUT2D eigenvalue weighted by atomic mass is 9.88. The van der Waals surface area contributed by atoms with Gasteiger partial charge in [0.2, 0.25) is 5.91 Å². The van der Waals surface area contributed by atoms with Crippen LogP contribution in [0.4, 0.5) is 0 Å². The Morgan fingerprint density at radius 2 is 1.62 bits per heavy atom. The van der Waals surface area contributed by atoms with Crippen LogP contribution in [-0.4, -0.2) is 34.6 Å². The van der Waals surface area contributed by atoms with E-state index in [9.17, 15) is 19.2 Å². The van der Waals surface area contributed by atoms with Gasteiger partial charge in [-0.3, -0.25) is 14.4 Å². The van der Waals surface area contributed by atoms with Gasteiger partial charge in [0.05, 0.1) is 0 Å². The Morgan fingerprint density at radius 1 is 1.05 bits per heavy atom. The molecule has 0 aromatic rings. The Labute approximate surface area is 125 Å². The maximum absolute atomic E-state index is 12.0. The van der Waals surface area contributed by atoms with Crippen molar-refractivity contribution < 1.29 is 24.3 Å². The molecule has 0 saturated heterocycles. The lowest BCUT2D eigenvalue weighted by molar-refractivity contribution is -0.142. The first-order chi connectivity index (χ1) is 9.65. The number of carbonyl (C=O) groups excluding carboxylic acids is 3. The zero-order chi connectivity index (χ0) is 16.6. The number of carbonyl (C=O) groups is 4. The number of amides is 1. The molecule has 0 radical (unpaired) electrons. The van der Waals surface area contributed by atoms with E-state index in [1.165, 1.54) is 13.8 Å². The quantitative estimate of drug-likeness (QED) is 0.637. The largest absolute Gasteiger partial charge is 0.480 e. The summed E-state index contributed by atoms with van der Waals surface area (Å²) >= 11 is 0. The second-order valence-electron chi connectivity index (χ2n) is 5.72. The van der Waals surface area contributed by atoms with Gasteiger partial charge in [-0.2, -0.15) is 0 Å². The Hall–Kier alpha value is -1.72. The van der Waals surface area contributed by atoms with Gasteiger partial charge in [0.15, 0.2) is 0 Å². The number of carboxylic acids is 1. The Kier molecular flexibility index (Phi) is 8.50. The summed E-state index contributed by atoms with van der Waals surface area (Å²) in [5, 5.41) is 11.2. The molecule has 0 aromatic carbocycles. The molecule has 6 heteroatoms.